The largest absolute Gasteiger partial charge is 0.355 e. The van der Waals surface area contributed by atoms with Gasteiger partial charge in [0.2, 0.25) is 21.8 Å². The summed E-state index contributed by atoms with van der Waals surface area (Å²) >= 11 is 0. The van der Waals surface area contributed by atoms with Crippen LogP contribution >= 0.6 is 0 Å². The van der Waals surface area contributed by atoms with Crippen LogP contribution in [0.5, 0.6) is 0 Å². The number of hydrogen-bond acceptors (Lipinski definition) is 5. The fraction of sp³-hybridized carbons (Fsp3) is 0.471. The van der Waals surface area contributed by atoms with E-state index in [-0.39, 0.29) is 48.5 Å². The summed E-state index contributed by atoms with van der Waals surface area (Å²) in [6, 6.07) is 5.78. The molecule has 140 valence electrons. The third-order valence-corrected chi connectivity index (χ3v) is 7.03. The maximum atomic E-state index is 12.8. The first-order valence-electron chi connectivity index (χ1n) is 8.41. The molecule has 0 aliphatic carbocycles. The number of rotatable bonds is 3. The number of benzene rings is 1. The Hall–Kier alpha value is -2.26. The minimum Gasteiger partial charge on any atom is -0.355 e. The fourth-order valence-electron chi connectivity index (χ4n) is 3.61. The lowest BCUT2D eigenvalue weighted by molar-refractivity contribution is -0.139. The topological polar surface area (TPSA) is 113 Å². The van der Waals surface area contributed by atoms with Gasteiger partial charge in [-0.1, -0.05) is 0 Å². The van der Waals surface area contributed by atoms with Crippen LogP contribution in [0.2, 0.25) is 0 Å². The Kier molecular flexibility index (Phi) is 4.85. The molecule has 2 heterocycles. The predicted octanol–water partition coefficient (Wildman–Crippen LogP) is 0.254. The standard InChI is InChI=1S/C17H21N3O5S/c1-18-16(23)12-2-4-13(5-3-12)26(24,25)20-8-6-17(7-9-20)10-14(21)19-15(22)11-17/h2-5H,6-11H2,1H3,(H,18,23)(H,19,21,22). The molecule has 0 radical (unpaired) electrons. The van der Waals surface area contributed by atoms with Crippen molar-refractivity contribution in [2.24, 2.45) is 5.41 Å². The molecule has 0 saturated carbocycles. The summed E-state index contributed by atoms with van der Waals surface area (Å²) in [6.45, 7) is 0.528. The van der Waals surface area contributed by atoms with Gasteiger partial charge in [0.25, 0.3) is 5.91 Å². The Labute approximate surface area is 152 Å². The van der Waals surface area contributed by atoms with Gasteiger partial charge in [-0.2, -0.15) is 4.31 Å². The van der Waals surface area contributed by atoms with E-state index in [2.05, 4.69) is 10.6 Å². The monoisotopic (exact) mass is 379 g/mol. The van der Waals surface area contributed by atoms with Gasteiger partial charge in [-0.15, -0.1) is 0 Å². The highest BCUT2D eigenvalue weighted by Gasteiger charge is 2.43. The zero-order chi connectivity index (χ0) is 18.9. The molecule has 1 spiro atoms. The van der Waals surface area contributed by atoms with Gasteiger partial charge in [0.15, 0.2) is 0 Å². The average molecular weight is 379 g/mol. The summed E-state index contributed by atoms with van der Waals surface area (Å²) in [7, 11) is -2.17. The second kappa shape index (κ2) is 6.81. The molecule has 3 amide bonds. The van der Waals surface area contributed by atoms with Crippen LogP contribution in [0.1, 0.15) is 36.0 Å². The molecule has 1 aromatic rings. The fourth-order valence-corrected chi connectivity index (χ4v) is 5.06. The predicted molar refractivity (Wildman–Crippen MR) is 92.6 cm³/mol. The Bertz CT molecular complexity index is 822. The lowest BCUT2D eigenvalue weighted by Crippen LogP contribution is -2.50. The van der Waals surface area contributed by atoms with E-state index < -0.39 is 15.4 Å². The van der Waals surface area contributed by atoms with Gasteiger partial charge < -0.3 is 5.32 Å². The first kappa shape index (κ1) is 18.5. The third kappa shape index (κ3) is 3.49. The Morgan fingerprint density at radius 3 is 2.12 bits per heavy atom. The molecular weight excluding hydrogens is 358 g/mol. The van der Waals surface area contributed by atoms with E-state index in [1.807, 2.05) is 0 Å². The van der Waals surface area contributed by atoms with Crippen molar-refractivity contribution in [3.63, 3.8) is 0 Å². The van der Waals surface area contributed by atoms with Crippen molar-refractivity contribution in [1.29, 1.82) is 0 Å². The highest BCUT2D eigenvalue weighted by Crippen LogP contribution is 2.41. The van der Waals surface area contributed by atoms with Crippen LogP contribution in [0.15, 0.2) is 29.2 Å². The van der Waals surface area contributed by atoms with E-state index in [0.717, 1.165) is 0 Å². The molecule has 26 heavy (non-hydrogen) atoms. The van der Waals surface area contributed by atoms with Crippen LogP contribution in [0.25, 0.3) is 0 Å². The summed E-state index contributed by atoms with van der Waals surface area (Å²) in [6.07, 6.45) is 1.46. The second-order valence-electron chi connectivity index (χ2n) is 6.83. The van der Waals surface area contributed by atoms with Gasteiger partial charge in [-0.05, 0) is 42.5 Å². The van der Waals surface area contributed by atoms with Gasteiger partial charge in [-0.25, -0.2) is 8.42 Å². The zero-order valence-corrected chi connectivity index (χ0v) is 15.3. The number of hydrogen-bond donors (Lipinski definition) is 2. The summed E-state index contributed by atoms with van der Waals surface area (Å²) in [4.78, 5) is 35.0. The van der Waals surface area contributed by atoms with Crippen LogP contribution in [-0.4, -0.2) is 50.6 Å². The van der Waals surface area contributed by atoms with E-state index in [1.54, 1.807) is 0 Å². The number of amides is 3. The first-order chi connectivity index (χ1) is 12.3. The zero-order valence-electron chi connectivity index (χ0n) is 14.4. The van der Waals surface area contributed by atoms with Crippen molar-refractivity contribution in [1.82, 2.24) is 14.9 Å². The van der Waals surface area contributed by atoms with Crippen molar-refractivity contribution in [3.8, 4) is 0 Å². The number of carbonyl (C=O) groups is 3. The van der Waals surface area contributed by atoms with E-state index in [0.29, 0.717) is 18.4 Å². The van der Waals surface area contributed by atoms with Crippen LogP contribution in [-0.2, 0) is 19.6 Å². The van der Waals surface area contributed by atoms with Crippen molar-refractivity contribution < 1.29 is 22.8 Å². The molecule has 2 aliphatic heterocycles. The van der Waals surface area contributed by atoms with Gasteiger partial charge in [0.1, 0.15) is 0 Å². The van der Waals surface area contributed by atoms with E-state index >= 15 is 0 Å². The summed E-state index contributed by atoms with van der Waals surface area (Å²) in [5, 5.41) is 4.78. The van der Waals surface area contributed by atoms with Gasteiger partial charge in [-0.3, -0.25) is 19.7 Å². The van der Waals surface area contributed by atoms with Crippen LogP contribution in [0.4, 0.5) is 0 Å². The first-order valence-corrected chi connectivity index (χ1v) is 9.85. The van der Waals surface area contributed by atoms with Crippen molar-refractivity contribution in [2.75, 3.05) is 20.1 Å². The lowest BCUT2D eigenvalue weighted by atomic mass is 9.71. The highest BCUT2D eigenvalue weighted by atomic mass is 32.2. The SMILES string of the molecule is CNC(=O)c1ccc(S(=O)(=O)N2CCC3(CC2)CC(=O)NC(=O)C3)cc1. The van der Waals surface area contributed by atoms with Gasteiger partial charge in [0.05, 0.1) is 4.90 Å². The molecular formula is C17H21N3O5S. The smallest absolute Gasteiger partial charge is 0.251 e. The Balaban J connectivity index is 1.73. The number of sulfonamides is 1. The minimum absolute atomic E-state index is 0.124. The lowest BCUT2D eigenvalue weighted by Gasteiger charge is -2.42. The van der Waals surface area contributed by atoms with Gasteiger partial charge in [0, 0.05) is 38.5 Å². The summed E-state index contributed by atoms with van der Waals surface area (Å²) < 4.78 is 27.0. The molecule has 3 rings (SSSR count). The normalized spacial score (nSPS) is 20.7. The molecule has 0 aromatic heterocycles. The second-order valence-corrected chi connectivity index (χ2v) is 8.77. The molecule has 2 aliphatic rings. The van der Waals surface area contributed by atoms with Crippen molar-refractivity contribution in [3.05, 3.63) is 29.8 Å². The summed E-state index contributed by atoms with van der Waals surface area (Å²) in [5.41, 5.74) is -0.0510. The third-order valence-electron chi connectivity index (χ3n) is 5.11. The number of carbonyl (C=O) groups excluding carboxylic acids is 3. The van der Waals surface area contributed by atoms with Gasteiger partial charge >= 0.3 is 0 Å². The van der Waals surface area contributed by atoms with E-state index in [9.17, 15) is 22.8 Å². The maximum Gasteiger partial charge on any atom is 0.251 e. The molecule has 9 heteroatoms. The average Bonchev–Trinajstić information content (AvgIpc) is 2.60. The van der Waals surface area contributed by atoms with Crippen molar-refractivity contribution in [2.45, 2.75) is 30.6 Å². The number of piperidine rings is 2. The molecule has 2 saturated heterocycles. The van der Waals surface area contributed by atoms with Crippen LogP contribution in [0.3, 0.4) is 0 Å². The van der Waals surface area contributed by atoms with Crippen molar-refractivity contribution >= 4 is 27.7 Å². The molecule has 0 bridgehead atoms. The Morgan fingerprint density at radius 2 is 1.62 bits per heavy atom. The van der Waals surface area contributed by atoms with Crippen LogP contribution in [0, 0.1) is 5.41 Å². The number of nitrogens with one attached hydrogen (secondary N) is 2. The molecule has 1 aromatic carbocycles. The summed E-state index contributed by atoms with van der Waals surface area (Å²) in [5.74, 6) is -0.862. The number of nitrogens with zero attached hydrogens (tertiary/aromatic N) is 1. The van der Waals surface area contributed by atoms with Crippen LogP contribution < -0.4 is 10.6 Å². The molecule has 0 unspecified atom stereocenters. The van der Waals surface area contributed by atoms with E-state index in [4.69, 9.17) is 0 Å². The Morgan fingerprint density at radius 1 is 1.08 bits per heavy atom. The minimum atomic E-state index is -3.68. The molecule has 2 fully saturated rings. The quantitative estimate of drug-likeness (QED) is 0.731. The molecule has 2 N–H and O–H groups in total. The highest BCUT2D eigenvalue weighted by molar-refractivity contribution is 7.89. The number of imide groups is 1. The maximum absolute atomic E-state index is 12.8. The molecule has 8 nitrogen and oxygen atoms in total. The van der Waals surface area contributed by atoms with E-state index in [1.165, 1.54) is 35.6 Å². The molecule has 0 atom stereocenters.